The third kappa shape index (κ3) is 4.27. The van der Waals surface area contributed by atoms with Gasteiger partial charge in [0.05, 0.1) is 17.3 Å². The molecule has 0 aliphatic rings. The topological polar surface area (TPSA) is 77.1 Å². The lowest BCUT2D eigenvalue weighted by atomic mass is 10.1. The van der Waals surface area contributed by atoms with Crippen molar-refractivity contribution in [2.75, 3.05) is 0 Å². The largest absolute Gasteiger partial charge is 0.469 e. The van der Waals surface area contributed by atoms with Crippen LogP contribution in [-0.4, -0.2) is 21.5 Å². The Bertz CT molecular complexity index is 1020. The zero-order valence-electron chi connectivity index (χ0n) is 16.2. The van der Waals surface area contributed by atoms with Crippen LogP contribution >= 0.6 is 0 Å². The molecule has 142 valence electrons. The Balaban J connectivity index is 1.74. The number of aryl methyl sites for hydroxylation is 4. The van der Waals surface area contributed by atoms with Crippen molar-refractivity contribution in [2.45, 2.75) is 53.1 Å². The molecule has 0 saturated heterocycles. The maximum absolute atomic E-state index is 12.6. The summed E-state index contributed by atoms with van der Waals surface area (Å²) in [5.41, 5.74) is 4.06. The highest BCUT2D eigenvalue weighted by molar-refractivity contribution is 5.78. The molecule has 2 heterocycles. The predicted molar refractivity (Wildman–Crippen MR) is 105 cm³/mol. The molecule has 0 aliphatic heterocycles. The number of amides is 1. The molecule has 6 nitrogen and oxygen atoms in total. The van der Waals surface area contributed by atoms with Crippen LogP contribution in [0.1, 0.15) is 35.9 Å². The van der Waals surface area contributed by atoms with E-state index < -0.39 is 0 Å². The summed E-state index contributed by atoms with van der Waals surface area (Å²) < 4.78 is 6.96. The van der Waals surface area contributed by atoms with E-state index in [1.165, 1.54) is 0 Å². The Hall–Kier alpha value is -2.89. The van der Waals surface area contributed by atoms with E-state index in [1.54, 1.807) is 17.8 Å². The number of aromatic nitrogens is 2. The summed E-state index contributed by atoms with van der Waals surface area (Å²) in [7, 11) is 0. The van der Waals surface area contributed by atoms with Crippen molar-refractivity contribution < 1.29 is 9.21 Å². The maximum Gasteiger partial charge on any atom is 0.272 e. The van der Waals surface area contributed by atoms with Crippen LogP contribution in [0.3, 0.4) is 0 Å². The molecule has 0 radical (unpaired) electrons. The molecule has 3 aromatic rings. The van der Waals surface area contributed by atoms with Gasteiger partial charge in [-0.15, -0.1) is 0 Å². The lowest BCUT2D eigenvalue weighted by molar-refractivity contribution is -0.121. The van der Waals surface area contributed by atoms with Gasteiger partial charge in [0, 0.05) is 25.4 Å². The molecule has 0 aliphatic carbocycles. The van der Waals surface area contributed by atoms with Gasteiger partial charge in [-0.3, -0.25) is 9.59 Å². The molecule has 0 fully saturated rings. The highest BCUT2D eigenvalue weighted by atomic mass is 16.3. The van der Waals surface area contributed by atoms with Crippen LogP contribution in [0.4, 0.5) is 0 Å². The molecule has 1 atom stereocenters. The number of carbonyl (C=O) groups is 1. The van der Waals surface area contributed by atoms with E-state index >= 15 is 0 Å². The van der Waals surface area contributed by atoms with Gasteiger partial charge in [-0.2, -0.15) is 0 Å². The molecule has 27 heavy (non-hydrogen) atoms. The van der Waals surface area contributed by atoms with Crippen molar-refractivity contribution >= 4 is 16.9 Å². The molecule has 3 rings (SSSR count). The Morgan fingerprint density at radius 1 is 1.26 bits per heavy atom. The standard InChI is InChI=1S/C21H25N3O3/c1-13-10-18-19(11-14(13)2)24(21(26)16(4)23-18)8-7-20(25)22-15(3)12-17-6-5-9-27-17/h5-6,9-11,15H,7-8,12H2,1-4H3,(H,22,25). The number of carbonyl (C=O) groups excluding carboxylic acids is 1. The second kappa shape index (κ2) is 7.78. The van der Waals surface area contributed by atoms with Crippen LogP contribution in [0.2, 0.25) is 0 Å². The van der Waals surface area contributed by atoms with Crippen molar-refractivity contribution in [3.05, 3.63) is 63.5 Å². The minimum atomic E-state index is -0.151. The Morgan fingerprint density at radius 3 is 2.70 bits per heavy atom. The molecule has 1 aromatic carbocycles. The van der Waals surface area contributed by atoms with E-state index in [9.17, 15) is 9.59 Å². The van der Waals surface area contributed by atoms with Crippen molar-refractivity contribution in [1.29, 1.82) is 0 Å². The summed E-state index contributed by atoms with van der Waals surface area (Å²) >= 11 is 0. The van der Waals surface area contributed by atoms with Crippen molar-refractivity contribution in [2.24, 2.45) is 0 Å². The number of nitrogens with zero attached hydrogens (tertiary/aromatic N) is 2. The number of fused-ring (bicyclic) bond motifs is 1. The van der Waals surface area contributed by atoms with Gasteiger partial charge in [0.1, 0.15) is 11.5 Å². The van der Waals surface area contributed by atoms with Gasteiger partial charge in [-0.1, -0.05) is 0 Å². The summed E-state index contributed by atoms with van der Waals surface area (Å²) in [5, 5.41) is 2.96. The van der Waals surface area contributed by atoms with Crippen LogP contribution in [-0.2, 0) is 17.8 Å². The lowest BCUT2D eigenvalue weighted by Crippen LogP contribution is -2.35. The van der Waals surface area contributed by atoms with Crippen LogP contribution in [0.5, 0.6) is 0 Å². The van der Waals surface area contributed by atoms with Crippen LogP contribution in [0, 0.1) is 20.8 Å². The molecule has 0 spiro atoms. The van der Waals surface area contributed by atoms with Crippen molar-refractivity contribution in [1.82, 2.24) is 14.9 Å². The third-order valence-corrected chi connectivity index (χ3v) is 4.78. The summed E-state index contributed by atoms with van der Waals surface area (Å²) in [6.45, 7) is 7.99. The third-order valence-electron chi connectivity index (χ3n) is 4.78. The van der Waals surface area contributed by atoms with E-state index in [2.05, 4.69) is 10.3 Å². The first-order valence-electron chi connectivity index (χ1n) is 9.15. The lowest BCUT2D eigenvalue weighted by Gasteiger charge is -2.15. The van der Waals surface area contributed by atoms with Gasteiger partial charge < -0.3 is 14.3 Å². The number of hydrogen-bond donors (Lipinski definition) is 1. The Morgan fingerprint density at radius 2 is 2.00 bits per heavy atom. The van der Waals surface area contributed by atoms with Gasteiger partial charge in [-0.25, -0.2) is 4.98 Å². The predicted octanol–water partition coefficient (Wildman–Crippen LogP) is 3.05. The normalized spacial score (nSPS) is 12.3. The second-order valence-corrected chi connectivity index (χ2v) is 7.08. The zero-order valence-corrected chi connectivity index (χ0v) is 16.2. The number of nitrogens with one attached hydrogen (secondary N) is 1. The number of rotatable bonds is 6. The molecule has 0 saturated carbocycles. The van der Waals surface area contributed by atoms with Gasteiger partial charge in [-0.05, 0) is 63.1 Å². The monoisotopic (exact) mass is 367 g/mol. The molecule has 6 heteroatoms. The number of hydrogen-bond acceptors (Lipinski definition) is 4. The van der Waals surface area contributed by atoms with E-state index in [1.807, 2.05) is 45.0 Å². The first kappa shape index (κ1) is 18.9. The van der Waals surface area contributed by atoms with E-state index in [-0.39, 0.29) is 23.9 Å². The molecular formula is C21H25N3O3. The average Bonchev–Trinajstić information content (AvgIpc) is 3.10. The van der Waals surface area contributed by atoms with Crippen LogP contribution in [0.15, 0.2) is 39.7 Å². The number of benzene rings is 1. The van der Waals surface area contributed by atoms with E-state index in [0.717, 1.165) is 27.9 Å². The highest BCUT2D eigenvalue weighted by Crippen LogP contribution is 2.17. The fourth-order valence-electron chi connectivity index (χ4n) is 3.19. The molecular weight excluding hydrogens is 342 g/mol. The van der Waals surface area contributed by atoms with Gasteiger partial charge in [0.15, 0.2) is 0 Å². The van der Waals surface area contributed by atoms with Crippen LogP contribution < -0.4 is 10.9 Å². The van der Waals surface area contributed by atoms with Gasteiger partial charge >= 0.3 is 0 Å². The molecule has 2 aromatic heterocycles. The quantitative estimate of drug-likeness (QED) is 0.726. The highest BCUT2D eigenvalue weighted by Gasteiger charge is 2.13. The van der Waals surface area contributed by atoms with E-state index in [4.69, 9.17) is 4.42 Å². The average molecular weight is 367 g/mol. The number of furan rings is 1. The van der Waals surface area contributed by atoms with E-state index in [0.29, 0.717) is 18.7 Å². The maximum atomic E-state index is 12.6. The van der Waals surface area contributed by atoms with Crippen LogP contribution in [0.25, 0.3) is 11.0 Å². The van der Waals surface area contributed by atoms with Crippen molar-refractivity contribution in [3.8, 4) is 0 Å². The van der Waals surface area contributed by atoms with Gasteiger partial charge in [0.25, 0.3) is 5.56 Å². The van der Waals surface area contributed by atoms with Gasteiger partial charge in [0.2, 0.25) is 5.91 Å². The molecule has 1 unspecified atom stereocenters. The molecule has 0 bridgehead atoms. The first-order valence-corrected chi connectivity index (χ1v) is 9.15. The Kier molecular flexibility index (Phi) is 5.44. The first-order chi connectivity index (χ1) is 12.8. The molecule has 1 N–H and O–H groups in total. The smallest absolute Gasteiger partial charge is 0.272 e. The summed E-state index contributed by atoms with van der Waals surface area (Å²) in [5.74, 6) is 0.744. The zero-order chi connectivity index (χ0) is 19.6. The summed E-state index contributed by atoms with van der Waals surface area (Å²) in [6, 6.07) is 7.63. The summed E-state index contributed by atoms with van der Waals surface area (Å²) in [4.78, 5) is 29.3. The minimum Gasteiger partial charge on any atom is -0.469 e. The fourth-order valence-corrected chi connectivity index (χ4v) is 3.19. The van der Waals surface area contributed by atoms with Crippen molar-refractivity contribution in [3.63, 3.8) is 0 Å². The second-order valence-electron chi connectivity index (χ2n) is 7.08. The SMILES string of the molecule is Cc1cc2nc(C)c(=O)n(CCC(=O)NC(C)Cc3ccco3)c2cc1C. The summed E-state index contributed by atoms with van der Waals surface area (Å²) in [6.07, 6.45) is 2.49. The molecule has 1 amide bonds. The fraction of sp³-hybridized carbons (Fsp3) is 0.381. The Labute approximate surface area is 158 Å². The minimum absolute atomic E-state index is 0.0406.